The molecule has 0 radical (unpaired) electrons. The van der Waals surface area contributed by atoms with Gasteiger partial charge < -0.3 is 5.32 Å². The lowest BCUT2D eigenvalue weighted by molar-refractivity contribution is 0.102. The van der Waals surface area contributed by atoms with Gasteiger partial charge in [-0.25, -0.2) is 8.42 Å². The fourth-order valence-corrected chi connectivity index (χ4v) is 6.37. The van der Waals surface area contributed by atoms with Gasteiger partial charge in [-0.3, -0.25) is 4.79 Å². The Bertz CT molecular complexity index is 952. The Labute approximate surface area is 185 Å². The Hall–Kier alpha value is -0.620. The molecule has 0 spiro atoms. The number of hydrogen-bond acceptors (Lipinski definition) is 4. The SMILES string of the molecule is CC1CSCCN1S(=O)(=O)c1ccc(NC(=O)c2ccc(Br)c(I)c2)cc1. The van der Waals surface area contributed by atoms with Crippen molar-refractivity contribution in [2.24, 2.45) is 0 Å². The number of thioether (sulfide) groups is 1. The van der Waals surface area contributed by atoms with E-state index in [-0.39, 0.29) is 16.8 Å². The van der Waals surface area contributed by atoms with E-state index in [1.54, 1.807) is 52.5 Å². The Kier molecular flexibility index (Phi) is 6.88. The quantitative estimate of drug-likeness (QED) is 0.543. The van der Waals surface area contributed by atoms with Crippen molar-refractivity contribution in [1.29, 1.82) is 0 Å². The van der Waals surface area contributed by atoms with E-state index in [0.29, 0.717) is 17.8 Å². The second-order valence-corrected chi connectivity index (χ2v) is 11.2. The summed E-state index contributed by atoms with van der Waals surface area (Å²) in [5.74, 6) is 1.38. The molecule has 0 saturated carbocycles. The minimum Gasteiger partial charge on any atom is -0.322 e. The molecular weight excluding hydrogens is 563 g/mol. The molecule has 3 rings (SSSR count). The predicted molar refractivity (Wildman–Crippen MR) is 122 cm³/mol. The van der Waals surface area contributed by atoms with Crippen LogP contribution in [0.5, 0.6) is 0 Å². The molecule has 1 heterocycles. The lowest BCUT2D eigenvalue weighted by Crippen LogP contribution is -2.44. The van der Waals surface area contributed by atoms with Gasteiger partial charge in [-0.15, -0.1) is 0 Å². The number of rotatable bonds is 4. The maximum atomic E-state index is 12.8. The van der Waals surface area contributed by atoms with Gasteiger partial charge in [0.15, 0.2) is 0 Å². The number of amides is 1. The van der Waals surface area contributed by atoms with Crippen LogP contribution in [0, 0.1) is 3.57 Å². The summed E-state index contributed by atoms with van der Waals surface area (Å²) in [7, 11) is -3.52. The smallest absolute Gasteiger partial charge is 0.255 e. The van der Waals surface area contributed by atoms with E-state index in [1.807, 2.05) is 13.0 Å². The average Bonchev–Trinajstić information content (AvgIpc) is 2.64. The van der Waals surface area contributed by atoms with Crippen LogP contribution in [0.1, 0.15) is 17.3 Å². The molecular formula is C18H18BrIN2O3S2. The van der Waals surface area contributed by atoms with Crippen LogP contribution < -0.4 is 5.32 Å². The van der Waals surface area contributed by atoms with Gasteiger partial charge in [0.1, 0.15) is 0 Å². The summed E-state index contributed by atoms with van der Waals surface area (Å²) in [6.45, 7) is 2.45. The van der Waals surface area contributed by atoms with Crippen LogP contribution in [-0.2, 0) is 10.0 Å². The number of halogens is 2. The van der Waals surface area contributed by atoms with E-state index in [9.17, 15) is 13.2 Å². The van der Waals surface area contributed by atoms with E-state index in [0.717, 1.165) is 19.5 Å². The third kappa shape index (κ3) is 4.87. The van der Waals surface area contributed by atoms with Gasteiger partial charge in [0, 0.05) is 43.4 Å². The van der Waals surface area contributed by atoms with Crippen molar-refractivity contribution < 1.29 is 13.2 Å². The first-order chi connectivity index (χ1) is 12.8. The Morgan fingerprint density at radius 2 is 1.96 bits per heavy atom. The Morgan fingerprint density at radius 1 is 1.26 bits per heavy atom. The van der Waals surface area contributed by atoms with Crippen LogP contribution in [-0.4, -0.2) is 42.7 Å². The third-order valence-corrected chi connectivity index (χ3v) is 9.75. The number of nitrogens with one attached hydrogen (secondary N) is 1. The number of nitrogens with zero attached hydrogens (tertiary/aromatic N) is 1. The van der Waals surface area contributed by atoms with Crippen molar-refractivity contribution in [1.82, 2.24) is 4.31 Å². The molecule has 5 nitrogen and oxygen atoms in total. The van der Waals surface area contributed by atoms with Gasteiger partial charge >= 0.3 is 0 Å². The molecule has 1 aliphatic heterocycles. The molecule has 1 N–H and O–H groups in total. The zero-order chi connectivity index (χ0) is 19.6. The third-order valence-electron chi connectivity index (χ3n) is 4.21. The predicted octanol–water partition coefficient (Wildman–Crippen LogP) is 4.43. The lowest BCUT2D eigenvalue weighted by atomic mass is 10.2. The summed E-state index contributed by atoms with van der Waals surface area (Å²) in [4.78, 5) is 12.6. The maximum absolute atomic E-state index is 12.8. The largest absolute Gasteiger partial charge is 0.322 e. The number of benzene rings is 2. The first-order valence-corrected chi connectivity index (χ1v) is 12.7. The molecule has 1 aliphatic rings. The molecule has 27 heavy (non-hydrogen) atoms. The summed E-state index contributed by atoms with van der Waals surface area (Å²) in [6, 6.07) is 11.7. The molecule has 1 atom stereocenters. The van der Waals surface area contributed by atoms with Crippen molar-refractivity contribution in [3.8, 4) is 0 Å². The van der Waals surface area contributed by atoms with Gasteiger partial charge in [0.2, 0.25) is 10.0 Å². The second-order valence-electron chi connectivity index (χ2n) is 6.15. The number of anilines is 1. The fraction of sp³-hybridized carbons (Fsp3) is 0.278. The van der Waals surface area contributed by atoms with Crippen molar-refractivity contribution in [3.05, 3.63) is 56.1 Å². The highest BCUT2D eigenvalue weighted by Gasteiger charge is 2.31. The highest BCUT2D eigenvalue weighted by molar-refractivity contribution is 14.1. The molecule has 1 amide bonds. The number of carbonyl (C=O) groups is 1. The summed E-state index contributed by atoms with van der Waals surface area (Å²) < 4.78 is 29.1. The average molecular weight is 581 g/mol. The number of hydrogen-bond donors (Lipinski definition) is 1. The fourth-order valence-electron chi connectivity index (χ4n) is 2.76. The van der Waals surface area contributed by atoms with Crippen molar-refractivity contribution >= 4 is 71.9 Å². The lowest BCUT2D eigenvalue weighted by Gasteiger charge is -2.31. The molecule has 9 heteroatoms. The maximum Gasteiger partial charge on any atom is 0.255 e. The zero-order valence-corrected chi connectivity index (χ0v) is 19.9. The molecule has 1 saturated heterocycles. The topological polar surface area (TPSA) is 66.5 Å². The van der Waals surface area contributed by atoms with Gasteiger partial charge in [-0.2, -0.15) is 16.1 Å². The van der Waals surface area contributed by atoms with Crippen LogP contribution in [0.3, 0.4) is 0 Å². The Morgan fingerprint density at radius 3 is 2.59 bits per heavy atom. The highest BCUT2D eigenvalue weighted by atomic mass is 127. The van der Waals surface area contributed by atoms with Crippen LogP contribution in [0.4, 0.5) is 5.69 Å². The van der Waals surface area contributed by atoms with Crippen LogP contribution >= 0.6 is 50.3 Å². The second kappa shape index (κ2) is 8.81. The minimum absolute atomic E-state index is 0.0204. The highest BCUT2D eigenvalue weighted by Crippen LogP contribution is 2.26. The van der Waals surface area contributed by atoms with E-state index < -0.39 is 10.0 Å². The normalized spacial score (nSPS) is 18.3. The van der Waals surface area contributed by atoms with Crippen LogP contribution in [0.25, 0.3) is 0 Å². The summed E-state index contributed by atoms with van der Waals surface area (Å²) in [6.07, 6.45) is 0. The monoisotopic (exact) mass is 580 g/mol. The number of sulfonamides is 1. The molecule has 2 aromatic rings. The van der Waals surface area contributed by atoms with Gasteiger partial charge in [-0.05, 0) is 87.9 Å². The molecule has 1 unspecified atom stereocenters. The first-order valence-electron chi connectivity index (χ1n) is 8.25. The summed E-state index contributed by atoms with van der Waals surface area (Å²) in [5, 5.41) is 2.80. The van der Waals surface area contributed by atoms with E-state index in [1.165, 1.54) is 0 Å². The van der Waals surface area contributed by atoms with E-state index >= 15 is 0 Å². The standard InChI is InChI=1S/C18H18BrIN2O3S2/c1-12-11-26-9-8-22(12)27(24,25)15-5-3-14(4-6-15)21-18(23)13-2-7-16(19)17(20)10-13/h2-7,10,12H,8-9,11H2,1H3,(H,21,23). The van der Waals surface area contributed by atoms with Crippen LogP contribution in [0.15, 0.2) is 51.8 Å². The van der Waals surface area contributed by atoms with Crippen molar-refractivity contribution in [3.63, 3.8) is 0 Å². The van der Waals surface area contributed by atoms with E-state index in [4.69, 9.17) is 0 Å². The molecule has 0 aliphatic carbocycles. The number of carbonyl (C=O) groups excluding carboxylic acids is 1. The molecule has 0 bridgehead atoms. The molecule has 1 fully saturated rings. The van der Waals surface area contributed by atoms with Gasteiger partial charge in [0.05, 0.1) is 4.90 Å². The minimum atomic E-state index is -3.52. The van der Waals surface area contributed by atoms with E-state index in [2.05, 4.69) is 43.8 Å². The van der Waals surface area contributed by atoms with Crippen molar-refractivity contribution in [2.45, 2.75) is 17.9 Å². The van der Waals surface area contributed by atoms with Crippen LogP contribution in [0.2, 0.25) is 0 Å². The van der Waals surface area contributed by atoms with Gasteiger partial charge in [0.25, 0.3) is 5.91 Å². The first kappa shape index (κ1) is 21.1. The zero-order valence-electron chi connectivity index (χ0n) is 14.5. The Balaban J connectivity index is 1.75. The van der Waals surface area contributed by atoms with Gasteiger partial charge in [-0.1, -0.05) is 0 Å². The summed E-state index contributed by atoms with van der Waals surface area (Å²) >= 11 is 7.33. The molecule has 144 valence electrons. The van der Waals surface area contributed by atoms with Crippen molar-refractivity contribution in [2.75, 3.05) is 23.4 Å². The molecule has 0 aromatic heterocycles. The molecule has 2 aromatic carbocycles. The summed E-state index contributed by atoms with van der Waals surface area (Å²) in [5.41, 5.74) is 1.10.